The third-order valence-electron chi connectivity index (χ3n) is 27.2. The highest BCUT2D eigenvalue weighted by Gasteiger charge is 2.56. The molecule has 5 aliphatic heterocycles. The molecule has 0 saturated carbocycles. The molecule has 0 aromatic carbocycles. The van der Waals surface area contributed by atoms with Crippen molar-refractivity contribution in [2.24, 2.45) is 0 Å². The summed E-state index contributed by atoms with van der Waals surface area (Å²) in [6.07, 6.45) is 21.6. The molecular formula is C96H183N23O5. The van der Waals surface area contributed by atoms with Gasteiger partial charge >= 0.3 is 0 Å². The van der Waals surface area contributed by atoms with Crippen LogP contribution in [0.25, 0.3) is 0 Å². The van der Waals surface area contributed by atoms with Gasteiger partial charge in [-0.1, -0.05) is 60.3 Å². The zero-order valence-electron chi connectivity index (χ0n) is 86.3. The van der Waals surface area contributed by atoms with Crippen molar-refractivity contribution in [2.75, 3.05) is 157 Å². The van der Waals surface area contributed by atoms with Crippen LogP contribution in [0.1, 0.15) is 360 Å². The number of aromatic nitrogens is 9. The lowest BCUT2D eigenvalue weighted by atomic mass is 9.77. The van der Waals surface area contributed by atoms with Crippen molar-refractivity contribution in [1.82, 2.24) is 80.0 Å². The van der Waals surface area contributed by atoms with Gasteiger partial charge in [-0.2, -0.15) is 70.2 Å². The van der Waals surface area contributed by atoms with Crippen LogP contribution in [0.3, 0.4) is 0 Å². The molecule has 0 atom stereocenters. The Morgan fingerprint density at radius 3 is 0.702 bits per heavy atom. The van der Waals surface area contributed by atoms with E-state index in [-0.39, 0.29) is 85.6 Å². The number of hydrogen-bond acceptors (Lipinski definition) is 28. The second-order valence-corrected chi connectivity index (χ2v) is 45.7. The zero-order valence-corrected chi connectivity index (χ0v) is 86.3. The number of nitrogens with zero attached hydrogens (tertiary/aromatic N) is 23. The molecule has 0 radical (unpaired) electrons. The highest BCUT2D eigenvalue weighted by atomic mass is 16.7. The number of hydrogen-bond donors (Lipinski definition) is 0. The maximum absolute atomic E-state index is 6.85. The molecule has 5 aliphatic rings. The first kappa shape index (κ1) is 105. The summed E-state index contributed by atoms with van der Waals surface area (Å²) in [7, 11) is 18.4. The molecule has 124 heavy (non-hydrogen) atoms. The third-order valence-corrected chi connectivity index (χ3v) is 27.2. The first-order valence-electron chi connectivity index (χ1n) is 48.4. The van der Waals surface area contributed by atoms with Crippen molar-refractivity contribution >= 4 is 41.6 Å². The summed E-state index contributed by atoms with van der Waals surface area (Å²) in [4.78, 5) is 104. The van der Waals surface area contributed by atoms with Crippen molar-refractivity contribution in [3.05, 3.63) is 11.6 Å². The molecule has 28 heteroatoms. The fourth-order valence-electron chi connectivity index (χ4n) is 22.7. The van der Waals surface area contributed by atoms with Gasteiger partial charge in [0.2, 0.25) is 41.6 Å². The zero-order chi connectivity index (χ0) is 92.7. The summed E-state index contributed by atoms with van der Waals surface area (Å²) in [5.74, 6) is 6.42. The summed E-state index contributed by atoms with van der Waals surface area (Å²) in [5, 5.41) is 11.6. The van der Waals surface area contributed by atoms with E-state index in [0.717, 1.165) is 203 Å². The highest BCUT2D eigenvalue weighted by Crippen LogP contribution is 2.50. The van der Waals surface area contributed by atoms with Crippen molar-refractivity contribution < 1.29 is 24.2 Å². The summed E-state index contributed by atoms with van der Waals surface area (Å²) >= 11 is 0. The second-order valence-electron chi connectivity index (χ2n) is 45.7. The van der Waals surface area contributed by atoms with Crippen LogP contribution < -0.4 is 34.3 Å². The van der Waals surface area contributed by atoms with E-state index in [4.69, 9.17) is 69.0 Å². The Bertz CT molecular complexity index is 3660. The number of anilines is 7. The summed E-state index contributed by atoms with van der Waals surface area (Å²) < 4.78 is 0. The molecule has 0 spiro atoms. The van der Waals surface area contributed by atoms with E-state index in [1.807, 2.05) is 76.0 Å². The molecule has 0 amide bonds. The standard InChI is InChI=1S/C96H183N23O5/c1-39-56-120-115-85(6,7)61-71(62-86(115,8)9)110(38)82-99-77(96(28,29)114(75-69-93(22,23)119(124-60-43-5)94(24,25)70-75)55-51-47-45-49-53-112(84-103-80(108(34)35)102-81(104-84)109(36)37)73-65-89(14,15)117(122-58-41-3)90(16,17)66-73)100-83(105-82)111(72-63-87(10,11)116(121-57-40-2)88(12,13)64-72)52-48-44-46-50-54-113(74-67-91(18,19)118(123-59-42-4)92(20,21)68-74)95(26,27)76-97-78(106(30)31)101-79(98-76)107(32)33/h71-75H,39-70H2,1-38H3. The number of unbranched alkanes of at least 4 members (excludes halogenated alkanes) is 6. The van der Waals surface area contributed by atoms with Gasteiger partial charge in [0.05, 0.1) is 44.1 Å². The normalized spacial score (nSPS) is 21.7. The van der Waals surface area contributed by atoms with E-state index in [1.54, 1.807) is 0 Å². The minimum Gasteiger partial charge on any atom is -0.347 e. The van der Waals surface area contributed by atoms with Crippen LogP contribution in [0.4, 0.5) is 41.6 Å². The van der Waals surface area contributed by atoms with Crippen LogP contribution in [0.5, 0.6) is 0 Å². The van der Waals surface area contributed by atoms with Gasteiger partial charge in [-0.15, -0.1) is 0 Å². The topological polar surface area (TPSA) is 208 Å². The maximum atomic E-state index is 6.85. The molecule has 0 N–H and O–H groups in total. The maximum Gasteiger partial charge on any atom is 0.232 e. The highest BCUT2D eigenvalue weighted by molar-refractivity contribution is 5.47. The fraction of sp³-hybridized carbons (Fsp3) is 0.906. The molecule has 5 fully saturated rings. The van der Waals surface area contributed by atoms with Crippen LogP contribution >= 0.6 is 0 Å². The smallest absolute Gasteiger partial charge is 0.232 e. The lowest BCUT2D eigenvalue weighted by Gasteiger charge is -2.57. The van der Waals surface area contributed by atoms with Crippen LogP contribution in [0.15, 0.2) is 0 Å². The molecule has 3 aromatic rings. The van der Waals surface area contributed by atoms with Gasteiger partial charge < -0.3 is 34.3 Å². The predicted octanol–water partition coefficient (Wildman–Crippen LogP) is 18.0. The van der Waals surface area contributed by atoms with E-state index in [0.29, 0.717) is 56.8 Å². The van der Waals surface area contributed by atoms with E-state index in [9.17, 15) is 0 Å². The molecule has 0 unspecified atom stereocenters. The van der Waals surface area contributed by atoms with Gasteiger partial charge in [-0.25, -0.2) is 0 Å². The lowest BCUT2D eigenvalue weighted by Crippen LogP contribution is -2.66. The van der Waals surface area contributed by atoms with E-state index in [1.165, 1.54) is 0 Å². The van der Waals surface area contributed by atoms with E-state index < -0.39 is 11.1 Å². The number of hydroxylamine groups is 10. The summed E-state index contributed by atoms with van der Waals surface area (Å²) in [6, 6.07) is 0.670. The van der Waals surface area contributed by atoms with Crippen molar-refractivity contribution in [3.63, 3.8) is 0 Å². The van der Waals surface area contributed by atoms with Crippen molar-refractivity contribution in [3.8, 4) is 0 Å². The fourth-order valence-corrected chi connectivity index (χ4v) is 22.7. The third kappa shape index (κ3) is 25.1. The van der Waals surface area contributed by atoms with Gasteiger partial charge in [-0.05, 0) is 301 Å². The van der Waals surface area contributed by atoms with Crippen LogP contribution in [-0.4, -0.2) is 288 Å². The monoisotopic (exact) mass is 1740 g/mol. The number of piperidine rings is 5. The Labute approximate surface area is 755 Å². The Kier molecular flexibility index (Phi) is 35.2. The average molecular weight is 1740 g/mol. The first-order valence-corrected chi connectivity index (χ1v) is 48.4. The van der Waals surface area contributed by atoms with E-state index >= 15 is 0 Å². The van der Waals surface area contributed by atoms with Gasteiger partial charge in [0.25, 0.3) is 0 Å². The van der Waals surface area contributed by atoms with E-state index in [2.05, 4.69) is 258 Å². The van der Waals surface area contributed by atoms with Gasteiger partial charge in [0.15, 0.2) is 11.6 Å². The van der Waals surface area contributed by atoms with Gasteiger partial charge in [-0.3, -0.25) is 34.0 Å². The molecule has 28 nitrogen and oxygen atoms in total. The Morgan fingerprint density at radius 1 is 0.258 bits per heavy atom. The minimum absolute atomic E-state index is 0.0660. The lowest BCUT2D eigenvalue weighted by molar-refractivity contribution is -0.290. The molecule has 5 saturated heterocycles. The molecule has 0 bridgehead atoms. The minimum atomic E-state index is -0.695. The molecule has 8 heterocycles. The first-order chi connectivity index (χ1) is 57.4. The molecule has 3 aromatic heterocycles. The molecule has 0 aliphatic carbocycles. The molecular weight excluding hydrogens is 1560 g/mol. The van der Waals surface area contributed by atoms with Crippen molar-refractivity contribution in [1.29, 1.82) is 0 Å². The Morgan fingerprint density at radius 2 is 0.452 bits per heavy atom. The second kappa shape index (κ2) is 41.7. The predicted molar refractivity (Wildman–Crippen MR) is 513 cm³/mol. The Balaban J connectivity index is 1.22. The quantitative estimate of drug-likeness (QED) is 0.0482. The molecule has 8 rings (SSSR count). The average Bonchev–Trinajstić information content (AvgIpc) is 0.813. The van der Waals surface area contributed by atoms with Crippen LogP contribution in [0, 0.1) is 0 Å². The summed E-state index contributed by atoms with van der Waals surface area (Å²) in [6.45, 7) is 74.6. The van der Waals surface area contributed by atoms with Crippen molar-refractivity contribution in [2.45, 2.75) is 445 Å². The SMILES string of the molecule is CCCON1C(C)(C)CC(N(C)c2nc(N(CCCCCCN(C3CC(C)(C)N(OCCC)C(C)(C)C3)C(C)(C)c3nc(N(C)C)nc(N(C)C)n3)C3CC(C)(C)N(OCCC)C(C)(C)C3)nc(C(C)(C)N(CCCCCCN(c3nc(N(C)C)nc(N(C)C)n3)C3CC(C)(C)N(OCCC)C(C)(C)C3)C3CC(C)(C)N(OCCC)C(C)(C)C3)n2)CC1(C)C. The van der Waals surface area contributed by atoms with Crippen LogP contribution in [0.2, 0.25) is 0 Å². The van der Waals surface area contributed by atoms with Gasteiger partial charge in [0, 0.05) is 162 Å². The Hall–Kier alpha value is -4.85. The molecule has 712 valence electrons. The summed E-state index contributed by atoms with van der Waals surface area (Å²) in [5.41, 5.74) is -4.03. The largest absolute Gasteiger partial charge is 0.347 e. The van der Waals surface area contributed by atoms with Crippen LogP contribution in [-0.2, 0) is 35.3 Å². The van der Waals surface area contributed by atoms with Gasteiger partial charge in [0.1, 0.15) is 0 Å². The number of rotatable bonds is 45.